The van der Waals surface area contributed by atoms with Crippen molar-refractivity contribution in [1.82, 2.24) is 9.88 Å². The summed E-state index contributed by atoms with van der Waals surface area (Å²) in [7, 11) is 0. The Morgan fingerprint density at radius 3 is 2.74 bits per heavy atom. The maximum absolute atomic E-state index is 12.8. The Labute approximate surface area is 137 Å². The van der Waals surface area contributed by atoms with E-state index in [0.29, 0.717) is 29.7 Å². The molecule has 1 aliphatic rings. The van der Waals surface area contributed by atoms with Gasteiger partial charge in [0, 0.05) is 6.20 Å². The predicted molar refractivity (Wildman–Crippen MR) is 82.1 cm³/mol. The molecule has 3 rings (SSSR count). The number of ether oxygens (including phenoxy) is 2. The fraction of sp³-hybridized carbons (Fsp3) is 0.250. The smallest absolute Gasteiger partial charge is 0.260 e. The molecule has 1 saturated heterocycles. The first-order chi connectivity index (χ1) is 11.1. The molecular formula is C16H14ClFN2O3. The third-order valence-corrected chi connectivity index (χ3v) is 3.67. The van der Waals surface area contributed by atoms with Crippen LogP contribution in [0.1, 0.15) is 0 Å². The molecule has 2 aromatic rings. The van der Waals surface area contributed by atoms with Crippen LogP contribution in [0.3, 0.4) is 0 Å². The van der Waals surface area contributed by atoms with Crippen molar-refractivity contribution in [3.63, 3.8) is 0 Å². The van der Waals surface area contributed by atoms with Crippen LogP contribution in [0.25, 0.3) is 0 Å². The van der Waals surface area contributed by atoms with Gasteiger partial charge in [0.2, 0.25) is 5.88 Å². The van der Waals surface area contributed by atoms with Gasteiger partial charge in [-0.15, -0.1) is 0 Å². The van der Waals surface area contributed by atoms with Gasteiger partial charge in [0.05, 0.1) is 13.1 Å². The summed E-state index contributed by atoms with van der Waals surface area (Å²) < 4.78 is 23.7. The Morgan fingerprint density at radius 2 is 2.04 bits per heavy atom. The van der Waals surface area contributed by atoms with Crippen molar-refractivity contribution in [3.05, 3.63) is 53.4 Å². The number of carbonyl (C=O) groups excluding carboxylic acids is 1. The molecule has 1 amide bonds. The van der Waals surface area contributed by atoms with Crippen molar-refractivity contribution in [2.45, 2.75) is 6.10 Å². The molecule has 1 aliphatic heterocycles. The Hall–Kier alpha value is -2.34. The van der Waals surface area contributed by atoms with Crippen LogP contribution >= 0.6 is 11.6 Å². The second kappa shape index (κ2) is 6.83. The molecule has 0 aliphatic carbocycles. The maximum atomic E-state index is 12.8. The Kier molecular flexibility index (Phi) is 4.62. The van der Waals surface area contributed by atoms with Crippen molar-refractivity contribution in [1.29, 1.82) is 0 Å². The lowest BCUT2D eigenvalue weighted by molar-refractivity contribution is -0.142. The number of nitrogens with zero attached hydrogens (tertiary/aromatic N) is 2. The van der Waals surface area contributed by atoms with E-state index in [4.69, 9.17) is 21.1 Å². The predicted octanol–water partition coefficient (Wildman–Crippen LogP) is 2.54. The summed E-state index contributed by atoms with van der Waals surface area (Å²) in [5, 5.41) is 0.442. The zero-order valence-corrected chi connectivity index (χ0v) is 12.9. The monoisotopic (exact) mass is 336 g/mol. The van der Waals surface area contributed by atoms with Gasteiger partial charge in [0.15, 0.2) is 6.61 Å². The third-order valence-electron chi connectivity index (χ3n) is 3.38. The van der Waals surface area contributed by atoms with Gasteiger partial charge >= 0.3 is 0 Å². The van der Waals surface area contributed by atoms with Crippen molar-refractivity contribution in [3.8, 4) is 11.6 Å². The van der Waals surface area contributed by atoms with Crippen molar-refractivity contribution in [2.75, 3.05) is 19.7 Å². The van der Waals surface area contributed by atoms with Crippen molar-refractivity contribution >= 4 is 17.5 Å². The number of hydrogen-bond donors (Lipinski definition) is 0. The standard InChI is InChI=1S/C16H14ClFN2O3/c17-14-2-1-7-19-16(14)23-13-8-20(9-13)15(21)10-22-12-5-3-11(18)4-6-12/h1-7,13H,8-10H2. The first-order valence-corrected chi connectivity index (χ1v) is 7.43. The van der Waals surface area contributed by atoms with E-state index in [1.807, 2.05) is 0 Å². The zero-order chi connectivity index (χ0) is 16.2. The lowest BCUT2D eigenvalue weighted by atomic mass is 10.1. The van der Waals surface area contributed by atoms with E-state index in [1.54, 1.807) is 23.2 Å². The molecule has 1 fully saturated rings. The van der Waals surface area contributed by atoms with Gasteiger partial charge in [-0.2, -0.15) is 0 Å². The molecule has 0 spiro atoms. The number of amides is 1. The quantitative estimate of drug-likeness (QED) is 0.842. The van der Waals surface area contributed by atoms with Crippen LogP contribution in [-0.4, -0.2) is 41.6 Å². The van der Waals surface area contributed by atoms with Gasteiger partial charge in [-0.3, -0.25) is 4.79 Å². The zero-order valence-electron chi connectivity index (χ0n) is 12.1. The summed E-state index contributed by atoms with van der Waals surface area (Å²) in [4.78, 5) is 17.6. The highest BCUT2D eigenvalue weighted by Crippen LogP contribution is 2.24. The van der Waals surface area contributed by atoms with Crippen LogP contribution in [0, 0.1) is 5.82 Å². The largest absolute Gasteiger partial charge is 0.484 e. The average molecular weight is 337 g/mol. The normalized spacial score (nSPS) is 14.3. The molecule has 0 saturated carbocycles. The molecule has 0 radical (unpaired) electrons. The molecule has 0 unspecified atom stereocenters. The minimum atomic E-state index is -0.348. The average Bonchev–Trinajstić information content (AvgIpc) is 2.51. The van der Waals surface area contributed by atoms with Gasteiger partial charge in [-0.1, -0.05) is 11.6 Å². The summed E-state index contributed by atoms with van der Waals surface area (Å²) in [6.07, 6.45) is 1.47. The summed E-state index contributed by atoms with van der Waals surface area (Å²) in [6, 6.07) is 8.94. The minimum Gasteiger partial charge on any atom is -0.484 e. The van der Waals surface area contributed by atoms with Crippen LogP contribution in [0.15, 0.2) is 42.6 Å². The van der Waals surface area contributed by atoms with Gasteiger partial charge in [0.1, 0.15) is 22.7 Å². The topological polar surface area (TPSA) is 51.7 Å². The van der Waals surface area contributed by atoms with Crippen LogP contribution in [-0.2, 0) is 4.79 Å². The summed E-state index contributed by atoms with van der Waals surface area (Å²) in [5.74, 6) is 0.322. The first kappa shape index (κ1) is 15.6. The molecule has 1 aromatic carbocycles. The summed E-state index contributed by atoms with van der Waals surface area (Å²) in [6.45, 7) is 0.819. The molecule has 23 heavy (non-hydrogen) atoms. The molecule has 0 N–H and O–H groups in total. The first-order valence-electron chi connectivity index (χ1n) is 7.05. The number of hydrogen-bond acceptors (Lipinski definition) is 4. The van der Waals surface area contributed by atoms with E-state index < -0.39 is 0 Å². The van der Waals surface area contributed by atoms with E-state index in [2.05, 4.69) is 4.98 Å². The van der Waals surface area contributed by atoms with E-state index in [1.165, 1.54) is 24.3 Å². The van der Waals surface area contributed by atoms with E-state index in [9.17, 15) is 9.18 Å². The van der Waals surface area contributed by atoms with Gasteiger partial charge < -0.3 is 14.4 Å². The van der Waals surface area contributed by atoms with E-state index >= 15 is 0 Å². The van der Waals surface area contributed by atoms with Crippen LogP contribution < -0.4 is 9.47 Å². The van der Waals surface area contributed by atoms with Gasteiger partial charge in [0.25, 0.3) is 5.91 Å². The fourth-order valence-corrected chi connectivity index (χ4v) is 2.27. The van der Waals surface area contributed by atoms with E-state index in [-0.39, 0.29) is 24.4 Å². The molecular weight excluding hydrogens is 323 g/mol. The van der Waals surface area contributed by atoms with Crippen LogP contribution in [0.2, 0.25) is 5.02 Å². The number of rotatable bonds is 5. The maximum Gasteiger partial charge on any atom is 0.260 e. The molecule has 120 valence electrons. The van der Waals surface area contributed by atoms with Crippen molar-refractivity contribution < 1.29 is 18.7 Å². The van der Waals surface area contributed by atoms with E-state index in [0.717, 1.165) is 0 Å². The van der Waals surface area contributed by atoms with Crippen molar-refractivity contribution in [2.24, 2.45) is 0 Å². The third kappa shape index (κ3) is 3.90. The summed E-state index contributed by atoms with van der Waals surface area (Å²) >= 11 is 5.96. The number of pyridine rings is 1. The number of halogens is 2. The molecule has 2 heterocycles. The number of benzene rings is 1. The molecule has 0 atom stereocenters. The lowest BCUT2D eigenvalue weighted by Gasteiger charge is -2.38. The molecule has 7 heteroatoms. The Morgan fingerprint density at radius 1 is 1.30 bits per heavy atom. The highest BCUT2D eigenvalue weighted by molar-refractivity contribution is 6.31. The lowest BCUT2D eigenvalue weighted by Crippen LogP contribution is -2.57. The highest BCUT2D eigenvalue weighted by Gasteiger charge is 2.33. The number of likely N-dealkylation sites (tertiary alicyclic amines) is 1. The second-order valence-electron chi connectivity index (χ2n) is 5.07. The highest BCUT2D eigenvalue weighted by atomic mass is 35.5. The van der Waals surface area contributed by atoms with Gasteiger partial charge in [-0.25, -0.2) is 9.37 Å². The van der Waals surface area contributed by atoms with Gasteiger partial charge in [-0.05, 0) is 36.4 Å². The number of aromatic nitrogens is 1. The Bertz CT molecular complexity index is 690. The second-order valence-corrected chi connectivity index (χ2v) is 5.48. The molecule has 5 nitrogen and oxygen atoms in total. The number of carbonyl (C=O) groups is 1. The van der Waals surface area contributed by atoms with Crippen LogP contribution in [0.5, 0.6) is 11.6 Å². The minimum absolute atomic E-state index is 0.0945. The molecule has 0 bridgehead atoms. The molecule has 1 aromatic heterocycles. The fourth-order valence-electron chi connectivity index (χ4n) is 2.10. The SMILES string of the molecule is O=C(COc1ccc(F)cc1)N1CC(Oc2ncccc2Cl)C1. The Balaban J connectivity index is 1.43. The van der Waals surface area contributed by atoms with Crippen LogP contribution in [0.4, 0.5) is 4.39 Å². The summed E-state index contributed by atoms with van der Waals surface area (Å²) in [5.41, 5.74) is 0.